The third kappa shape index (κ3) is 3.08. The van der Waals surface area contributed by atoms with Gasteiger partial charge in [0.2, 0.25) is 0 Å². The number of para-hydroxylation sites is 1. The molecule has 0 radical (unpaired) electrons. The van der Waals surface area contributed by atoms with Crippen LogP contribution in [0, 0.1) is 25.2 Å². The number of benzene rings is 1. The van der Waals surface area contributed by atoms with Crippen LogP contribution >= 0.6 is 11.6 Å². The number of aryl methyl sites for hydroxylation is 1. The second-order valence-corrected chi connectivity index (χ2v) is 6.03. The molecular weight excluding hydrogens is 312 g/mol. The molecule has 23 heavy (non-hydrogen) atoms. The third-order valence-electron chi connectivity index (χ3n) is 4.12. The molecule has 118 valence electrons. The maximum Gasteiger partial charge on any atom is 0.169 e. The third-order valence-corrected chi connectivity index (χ3v) is 4.43. The van der Waals surface area contributed by atoms with Crippen molar-refractivity contribution in [2.45, 2.75) is 26.4 Å². The van der Waals surface area contributed by atoms with Crippen molar-refractivity contribution in [3.63, 3.8) is 0 Å². The van der Waals surface area contributed by atoms with Gasteiger partial charge in [-0.2, -0.15) is 10.4 Å². The summed E-state index contributed by atoms with van der Waals surface area (Å²) in [6, 6.07) is 9.70. The van der Waals surface area contributed by atoms with E-state index in [1.807, 2.05) is 38.1 Å². The average molecular weight is 329 g/mol. The van der Waals surface area contributed by atoms with Crippen molar-refractivity contribution >= 4 is 17.4 Å². The van der Waals surface area contributed by atoms with Crippen LogP contribution in [0.2, 0.25) is 5.02 Å². The number of aromatic nitrogens is 2. The van der Waals surface area contributed by atoms with Gasteiger partial charge in [0.1, 0.15) is 23.5 Å². The lowest BCUT2D eigenvalue weighted by Gasteiger charge is -2.20. The topological polar surface area (TPSA) is 62.0 Å². The van der Waals surface area contributed by atoms with Gasteiger partial charge in [-0.25, -0.2) is 0 Å². The summed E-state index contributed by atoms with van der Waals surface area (Å²) in [6.07, 6.45) is 0.870. The Morgan fingerprint density at radius 2 is 2.09 bits per heavy atom. The second-order valence-electron chi connectivity index (χ2n) is 5.63. The van der Waals surface area contributed by atoms with E-state index in [0.717, 1.165) is 24.2 Å². The van der Waals surface area contributed by atoms with Crippen molar-refractivity contribution in [1.82, 2.24) is 10.2 Å². The van der Waals surface area contributed by atoms with Crippen LogP contribution in [0.4, 0.5) is 5.82 Å². The van der Waals surface area contributed by atoms with Gasteiger partial charge in [-0.05, 0) is 31.5 Å². The van der Waals surface area contributed by atoms with Gasteiger partial charge < -0.3 is 9.64 Å². The van der Waals surface area contributed by atoms with Gasteiger partial charge in [0.25, 0.3) is 0 Å². The minimum absolute atomic E-state index is 0.0184. The number of hydrogen-bond acceptors (Lipinski definition) is 5. The minimum atomic E-state index is 0.0184. The van der Waals surface area contributed by atoms with Gasteiger partial charge in [0, 0.05) is 13.0 Å². The molecule has 6 heteroatoms. The number of nitrogens with zero attached hydrogens (tertiary/aromatic N) is 4. The summed E-state index contributed by atoms with van der Waals surface area (Å²) in [5.74, 6) is 1.33. The van der Waals surface area contributed by atoms with Crippen LogP contribution in [0.3, 0.4) is 0 Å². The van der Waals surface area contributed by atoms with Crippen LogP contribution < -0.4 is 9.64 Å². The summed E-state index contributed by atoms with van der Waals surface area (Å²) >= 11 is 6.14. The number of ether oxygens (including phenoxy) is 1. The van der Waals surface area contributed by atoms with Crippen molar-refractivity contribution in [2.24, 2.45) is 0 Å². The summed E-state index contributed by atoms with van der Waals surface area (Å²) < 4.78 is 5.98. The summed E-state index contributed by atoms with van der Waals surface area (Å²) in [5.41, 5.74) is 2.26. The van der Waals surface area contributed by atoms with Gasteiger partial charge in [-0.1, -0.05) is 23.7 Å². The van der Waals surface area contributed by atoms with E-state index in [2.05, 4.69) is 21.2 Å². The van der Waals surface area contributed by atoms with Crippen LogP contribution in [0.1, 0.15) is 23.2 Å². The van der Waals surface area contributed by atoms with Gasteiger partial charge in [-0.3, -0.25) is 0 Å². The highest BCUT2D eigenvalue weighted by atomic mass is 35.5. The molecule has 1 aromatic carbocycles. The van der Waals surface area contributed by atoms with E-state index in [1.165, 1.54) is 0 Å². The normalized spacial score (nSPS) is 17.1. The van der Waals surface area contributed by atoms with Crippen LogP contribution in [0.15, 0.2) is 24.3 Å². The summed E-state index contributed by atoms with van der Waals surface area (Å²) in [5, 5.41) is 18.4. The van der Waals surface area contributed by atoms with Gasteiger partial charge in [0.15, 0.2) is 5.82 Å². The number of halogens is 1. The molecule has 1 aliphatic rings. The number of rotatable bonds is 3. The second kappa shape index (κ2) is 6.43. The van der Waals surface area contributed by atoms with Crippen molar-refractivity contribution in [3.8, 4) is 11.8 Å². The molecule has 1 unspecified atom stereocenters. The maximum atomic E-state index is 9.43. The molecule has 0 amide bonds. The first-order chi connectivity index (χ1) is 11.1. The van der Waals surface area contributed by atoms with Gasteiger partial charge in [-0.15, -0.1) is 5.10 Å². The smallest absolute Gasteiger partial charge is 0.169 e. The molecule has 0 N–H and O–H groups in total. The average Bonchev–Trinajstić information content (AvgIpc) is 3.00. The van der Waals surface area contributed by atoms with E-state index in [0.29, 0.717) is 28.7 Å². The molecule has 2 aromatic rings. The number of hydrogen-bond donors (Lipinski definition) is 0. The molecule has 0 saturated carbocycles. The van der Waals surface area contributed by atoms with Gasteiger partial charge >= 0.3 is 0 Å². The molecule has 2 heterocycles. The first-order valence-electron chi connectivity index (χ1n) is 7.50. The molecule has 1 saturated heterocycles. The monoisotopic (exact) mass is 328 g/mol. The molecule has 5 nitrogen and oxygen atoms in total. The van der Waals surface area contributed by atoms with Crippen molar-refractivity contribution in [1.29, 1.82) is 5.26 Å². The molecule has 0 bridgehead atoms. The molecule has 1 fully saturated rings. The zero-order valence-corrected chi connectivity index (χ0v) is 13.8. The van der Waals surface area contributed by atoms with Crippen molar-refractivity contribution in [3.05, 3.63) is 46.1 Å². The fourth-order valence-electron chi connectivity index (χ4n) is 2.69. The molecular formula is C17H17ClN4O. The van der Waals surface area contributed by atoms with Crippen molar-refractivity contribution < 1.29 is 4.74 Å². The molecule has 1 aromatic heterocycles. The summed E-state index contributed by atoms with van der Waals surface area (Å²) in [7, 11) is 0. The SMILES string of the molecule is Cc1nnc(N2CCC(Oc3ccccc3Cl)C2)c(C#N)c1C. The minimum Gasteiger partial charge on any atom is -0.487 e. The molecule has 1 atom stereocenters. The van der Waals surface area contributed by atoms with Crippen LogP contribution in [0.5, 0.6) is 5.75 Å². The van der Waals surface area contributed by atoms with Crippen LogP contribution in [-0.4, -0.2) is 29.4 Å². The number of anilines is 1. The van der Waals surface area contributed by atoms with E-state index in [4.69, 9.17) is 16.3 Å². The molecule has 1 aliphatic heterocycles. The van der Waals surface area contributed by atoms with E-state index < -0.39 is 0 Å². The summed E-state index contributed by atoms with van der Waals surface area (Å²) in [4.78, 5) is 2.06. The Hall–Kier alpha value is -2.32. The first-order valence-corrected chi connectivity index (χ1v) is 7.88. The Labute approximate surface area is 140 Å². The van der Waals surface area contributed by atoms with Crippen LogP contribution in [0.25, 0.3) is 0 Å². The van der Waals surface area contributed by atoms with E-state index in [1.54, 1.807) is 0 Å². The fourth-order valence-corrected chi connectivity index (χ4v) is 2.87. The van der Waals surface area contributed by atoms with E-state index in [9.17, 15) is 5.26 Å². The number of nitriles is 1. The fraction of sp³-hybridized carbons (Fsp3) is 0.353. The zero-order chi connectivity index (χ0) is 16.4. The zero-order valence-electron chi connectivity index (χ0n) is 13.1. The van der Waals surface area contributed by atoms with E-state index in [-0.39, 0.29) is 6.10 Å². The lowest BCUT2D eigenvalue weighted by atomic mass is 10.1. The highest BCUT2D eigenvalue weighted by Crippen LogP contribution is 2.29. The van der Waals surface area contributed by atoms with Crippen LogP contribution in [-0.2, 0) is 0 Å². The summed E-state index contributed by atoms with van der Waals surface area (Å²) in [6.45, 7) is 5.21. The Balaban J connectivity index is 1.77. The van der Waals surface area contributed by atoms with E-state index >= 15 is 0 Å². The Kier molecular flexibility index (Phi) is 4.35. The molecule has 0 spiro atoms. The lowest BCUT2D eigenvalue weighted by Crippen LogP contribution is -2.26. The Morgan fingerprint density at radius 3 is 2.83 bits per heavy atom. The maximum absolute atomic E-state index is 9.43. The van der Waals surface area contributed by atoms with Gasteiger partial charge in [0.05, 0.1) is 17.3 Å². The lowest BCUT2D eigenvalue weighted by molar-refractivity contribution is 0.225. The molecule has 3 rings (SSSR count). The predicted molar refractivity (Wildman–Crippen MR) is 88.9 cm³/mol. The highest BCUT2D eigenvalue weighted by molar-refractivity contribution is 6.32. The predicted octanol–water partition coefficient (Wildman–Crippen LogP) is 3.28. The Bertz CT molecular complexity index is 772. The quantitative estimate of drug-likeness (QED) is 0.865. The van der Waals surface area contributed by atoms with Crippen molar-refractivity contribution in [2.75, 3.05) is 18.0 Å². The first kappa shape index (κ1) is 15.6. The standard InChI is InChI=1S/C17H17ClN4O/c1-11-12(2)20-21-17(14(11)9-19)22-8-7-13(10-22)23-16-6-4-3-5-15(16)18/h3-6,13H,7-8,10H2,1-2H3. The Morgan fingerprint density at radius 1 is 1.30 bits per heavy atom. The molecule has 0 aliphatic carbocycles. The largest absolute Gasteiger partial charge is 0.487 e. The highest BCUT2D eigenvalue weighted by Gasteiger charge is 2.28.